The predicted molar refractivity (Wildman–Crippen MR) is 56.3 cm³/mol. The van der Waals surface area contributed by atoms with Crippen molar-refractivity contribution >= 4 is 5.97 Å². The summed E-state index contributed by atoms with van der Waals surface area (Å²) in [5, 5.41) is 7.30. The highest BCUT2D eigenvalue weighted by Crippen LogP contribution is 2.02. The van der Waals surface area contributed by atoms with Crippen LogP contribution in [0.2, 0.25) is 0 Å². The maximum atomic E-state index is 10.8. The van der Waals surface area contributed by atoms with E-state index in [4.69, 9.17) is 0 Å². The Bertz CT molecular complexity index is 333. The number of esters is 1. The van der Waals surface area contributed by atoms with E-state index in [2.05, 4.69) is 22.1 Å². The molecular formula is C10H17N3O2. The Morgan fingerprint density at radius 1 is 1.67 bits per heavy atom. The van der Waals surface area contributed by atoms with Crippen LogP contribution in [0, 0.1) is 0 Å². The van der Waals surface area contributed by atoms with Gasteiger partial charge in [-0.3, -0.25) is 9.48 Å². The standard InChI is InChI=1S/C10H17N3O2/c1-4-8-5-9(13(2)12-8)6-11-7-10(14)15-3/h5,11H,4,6-7H2,1-3H3. The third-order valence-electron chi connectivity index (χ3n) is 2.19. The van der Waals surface area contributed by atoms with Crippen molar-refractivity contribution in [3.8, 4) is 0 Å². The summed E-state index contributed by atoms with van der Waals surface area (Å²) < 4.78 is 6.34. The van der Waals surface area contributed by atoms with Gasteiger partial charge >= 0.3 is 5.97 Å². The molecule has 0 radical (unpaired) electrons. The molecule has 5 nitrogen and oxygen atoms in total. The van der Waals surface area contributed by atoms with Crippen LogP contribution in [0.1, 0.15) is 18.3 Å². The van der Waals surface area contributed by atoms with E-state index in [9.17, 15) is 4.79 Å². The van der Waals surface area contributed by atoms with Crippen LogP contribution in [-0.2, 0) is 29.5 Å². The molecule has 5 heteroatoms. The van der Waals surface area contributed by atoms with Gasteiger partial charge in [-0.15, -0.1) is 0 Å². The lowest BCUT2D eigenvalue weighted by Crippen LogP contribution is -2.24. The number of carbonyl (C=O) groups is 1. The molecule has 1 rings (SSSR count). The Kier molecular flexibility index (Phi) is 4.30. The van der Waals surface area contributed by atoms with E-state index in [1.54, 1.807) is 0 Å². The average molecular weight is 211 g/mol. The van der Waals surface area contributed by atoms with Crippen LogP contribution in [0.3, 0.4) is 0 Å². The fourth-order valence-corrected chi connectivity index (χ4v) is 1.27. The van der Waals surface area contributed by atoms with Gasteiger partial charge in [-0.05, 0) is 12.5 Å². The molecule has 15 heavy (non-hydrogen) atoms. The van der Waals surface area contributed by atoms with Crippen molar-refractivity contribution in [1.82, 2.24) is 15.1 Å². The number of aromatic nitrogens is 2. The van der Waals surface area contributed by atoms with Crippen molar-refractivity contribution in [2.24, 2.45) is 7.05 Å². The first kappa shape index (κ1) is 11.7. The number of hydrogen-bond donors (Lipinski definition) is 1. The van der Waals surface area contributed by atoms with Crippen LogP contribution in [0.4, 0.5) is 0 Å². The second-order valence-corrected chi connectivity index (χ2v) is 3.28. The van der Waals surface area contributed by atoms with Crippen molar-refractivity contribution in [3.05, 3.63) is 17.5 Å². The summed E-state index contributed by atoms with van der Waals surface area (Å²) in [4.78, 5) is 10.8. The van der Waals surface area contributed by atoms with Crippen LogP contribution >= 0.6 is 0 Å². The van der Waals surface area contributed by atoms with Crippen molar-refractivity contribution in [1.29, 1.82) is 0 Å². The number of nitrogens with zero attached hydrogens (tertiary/aromatic N) is 2. The molecule has 0 spiro atoms. The first-order chi connectivity index (χ1) is 7.17. The summed E-state index contributed by atoms with van der Waals surface area (Å²) in [6, 6.07) is 2.03. The van der Waals surface area contributed by atoms with E-state index in [0.717, 1.165) is 17.8 Å². The minimum absolute atomic E-state index is 0.225. The fraction of sp³-hybridized carbons (Fsp3) is 0.600. The van der Waals surface area contributed by atoms with Crippen molar-refractivity contribution < 1.29 is 9.53 Å². The zero-order valence-corrected chi connectivity index (χ0v) is 9.41. The van der Waals surface area contributed by atoms with Crippen LogP contribution in [0.25, 0.3) is 0 Å². The molecule has 0 aliphatic carbocycles. The molecular weight excluding hydrogens is 194 g/mol. The van der Waals surface area contributed by atoms with Gasteiger partial charge in [-0.25, -0.2) is 0 Å². The topological polar surface area (TPSA) is 56.1 Å². The Balaban J connectivity index is 2.43. The SMILES string of the molecule is CCc1cc(CNCC(=O)OC)n(C)n1. The number of methoxy groups -OCH3 is 1. The summed E-state index contributed by atoms with van der Waals surface area (Å²) in [7, 11) is 3.28. The molecule has 0 fully saturated rings. The van der Waals surface area contributed by atoms with Crippen LogP contribution < -0.4 is 5.32 Å². The molecule has 1 heterocycles. The zero-order valence-electron chi connectivity index (χ0n) is 9.41. The van der Waals surface area contributed by atoms with E-state index < -0.39 is 0 Å². The molecule has 1 N–H and O–H groups in total. The molecule has 0 amide bonds. The number of nitrogens with one attached hydrogen (secondary N) is 1. The summed E-state index contributed by atoms with van der Waals surface area (Å²) in [6.07, 6.45) is 0.921. The quantitative estimate of drug-likeness (QED) is 0.709. The van der Waals surface area contributed by atoms with E-state index in [0.29, 0.717) is 6.54 Å². The van der Waals surface area contributed by atoms with Gasteiger partial charge in [0.1, 0.15) is 0 Å². The van der Waals surface area contributed by atoms with Crippen LogP contribution in [0.15, 0.2) is 6.07 Å². The predicted octanol–water partition coefficient (Wildman–Crippen LogP) is 0.245. The normalized spacial score (nSPS) is 10.3. The molecule has 1 aromatic rings. The van der Waals surface area contributed by atoms with E-state index in [-0.39, 0.29) is 12.5 Å². The average Bonchev–Trinajstić information content (AvgIpc) is 2.59. The second kappa shape index (κ2) is 5.50. The maximum absolute atomic E-state index is 10.8. The minimum Gasteiger partial charge on any atom is -0.468 e. The van der Waals surface area contributed by atoms with Crippen molar-refractivity contribution in [2.45, 2.75) is 19.9 Å². The van der Waals surface area contributed by atoms with Gasteiger partial charge in [0.2, 0.25) is 0 Å². The smallest absolute Gasteiger partial charge is 0.319 e. The number of ether oxygens (including phenoxy) is 1. The number of carbonyl (C=O) groups excluding carboxylic acids is 1. The summed E-state index contributed by atoms with van der Waals surface area (Å²) in [5.41, 5.74) is 2.13. The highest BCUT2D eigenvalue weighted by molar-refractivity contribution is 5.71. The Morgan fingerprint density at radius 2 is 2.40 bits per heavy atom. The lowest BCUT2D eigenvalue weighted by atomic mass is 10.3. The summed E-state index contributed by atoms with van der Waals surface area (Å²) in [5.74, 6) is -0.257. The van der Waals surface area contributed by atoms with Gasteiger partial charge in [-0.2, -0.15) is 5.10 Å². The summed E-state index contributed by atoms with van der Waals surface area (Å²) in [6.45, 7) is 2.91. The molecule has 0 atom stereocenters. The van der Waals surface area contributed by atoms with Crippen molar-refractivity contribution in [2.75, 3.05) is 13.7 Å². The molecule has 0 unspecified atom stereocenters. The van der Waals surface area contributed by atoms with E-state index in [1.165, 1.54) is 7.11 Å². The van der Waals surface area contributed by atoms with Gasteiger partial charge in [0.25, 0.3) is 0 Å². The van der Waals surface area contributed by atoms with Crippen LogP contribution in [-0.4, -0.2) is 29.4 Å². The molecule has 0 bridgehead atoms. The largest absolute Gasteiger partial charge is 0.468 e. The van der Waals surface area contributed by atoms with Crippen LogP contribution in [0.5, 0.6) is 0 Å². The fourth-order valence-electron chi connectivity index (χ4n) is 1.27. The molecule has 0 aliphatic heterocycles. The Labute approximate surface area is 89.4 Å². The van der Waals surface area contributed by atoms with Gasteiger partial charge in [0.15, 0.2) is 0 Å². The molecule has 0 saturated heterocycles. The third-order valence-corrected chi connectivity index (χ3v) is 2.19. The molecule has 0 aromatic carbocycles. The Hall–Kier alpha value is -1.36. The Morgan fingerprint density at radius 3 is 2.93 bits per heavy atom. The zero-order chi connectivity index (χ0) is 11.3. The summed E-state index contributed by atoms with van der Waals surface area (Å²) >= 11 is 0. The second-order valence-electron chi connectivity index (χ2n) is 3.28. The minimum atomic E-state index is -0.257. The van der Waals surface area contributed by atoms with Gasteiger partial charge < -0.3 is 10.1 Å². The van der Waals surface area contributed by atoms with Gasteiger partial charge in [-0.1, -0.05) is 6.92 Å². The number of aryl methyl sites for hydroxylation is 2. The number of hydrogen-bond acceptors (Lipinski definition) is 4. The molecule has 0 saturated carbocycles. The lowest BCUT2D eigenvalue weighted by molar-refractivity contribution is -0.139. The monoisotopic (exact) mass is 211 g/mol. The van der Waals surface area contributed by atoms with Crippen molar-refractivity contribution in [3.63, 3.8) is 0 Å². The maximum Gasteiger partial charge on any atom is 0.319 e. The highest BCUT2D eigenvalue weighted by atomic mass is 16.5. The lowest BCUT2D eigenvalue weighted by Gasteiger charge is -2.03. The number of rotatable bonds is 5. The molecule has 84 valence electrons. The molecule has 0 aliphatic rings. The first-order valence-corrected chi connectivity index (χ1v) is 4.96. The van der Waals surface area contributed by atoms with Gasteiger partial charge in [0, 0.05) is 13.6 Å². The van der Waals surface area contributed by atoms with E-state index in [1.807, 2.05) is 17.8 Å². The van der Waals surface area contributed by atoms with Gasteiger partial charge in [0.05, 0.1) is 25.0 Å². The molecule has 1 aromatic heterocycles. The van der Waals surface area contributed by atoms with E-state index >= 15 is 0 Å². The first-order valence-electron chi connectivity index (χ1n) is 4.96. The highest BCUT2D eigenvalue weighted by Gasteiger charge is 2.04. The third kappa shape index (κ3) is 3.36.